The first-order chi connectivity index (χ1) is 13.4. The molecule has 1 aromatic rings. The summed E-state index contributed by atoms with van der Waals surface area (Å²) in [5.74, 6) is -1.08. The Morgan fingerprint density at radius 2 is 1.97 bits per heavy atom. The predicted molar refractivity (Wildman–Crippen MR) is 112 cm³/mol. The highest BCUT2D eigenvalue weighted by Gasteiger charge is 2.52. The van der Waals surface area contributed by atoms with Crippen molar-refractivity contribution >= 4 is 23.4 Å². The van der Waals surface area contributed by atoms with Gasteiger partial charge < -0.3 is 30.5 Å². The largest absolute Gasteiger partial charge is 0.495 e. The number of carbonyl (C=O) groups excluding carboxylic acids is 1. The number of benzene rings is 1. The highest BCUT2D eigenvalue weighted by molar-refractivity contribution is 5.85. The quantitative estimate of drug-likeness (QED) is 0.621. The number of anilines is 2. The number of ether oxygens (including phenoxy) is 2. The summed E-state index contributed by atoms with van der Waals surface area (Å²) in [6.07, 6.45) is -0.120. The van der Waals surface area contributed by atoms with Crippen molar-refractivity contribution in [2.75, 3.05) is 30.8 Å². The first kappa shape index (κ1) is 22.6. The van der Waals surface area contributed by atoms with Crippen LogP contribution in [0, 0.1) is 11.8 Å². The van der Waals surface area contributed by atoms with E-state index in [0.717, 1.165) is 5.69 Å². The Bertz CT molecular complexity index is 759. The Kier molecular flexibility index (Phi) is 6.55. The molecule has 8 nitrogen and oxygen atoms in total. The van der Waals surface area contributed by atoms with E-state index in [1.165, 1.54) is 0 Å². The van der Waals surface area contributed by atoms with E-state index in [9.17, 15) is 14.7 Å². The van der Waals surface area contributed by atoms with Crippen LogP contribution in [0.1, 0.15) is 41.0 Å². The average molecular weight is 408 g/mol. The standard InChI is InChI=1S/C21H33N3O5/c1-13(2)21(18(25)26,23-19(27)29-20(3,4)5)14-9-10-24(12-14)16-8-7-15(22)11-17(16)28-6/h7-8,11,13-14H,9-10,12,22H2,1-6H3,(H,23,27)(H,25,26)/t14-,21+/m1/s1. The second-order valence-electron chi connectivity index (χ2n) is 8.82. The van der Waals surface area contributed by atoms with Gasteiger partial charge in [-0.2, -0.15) is 0 Å². The summed E-state index contributed by atoms with van der Waals surface area (Å²) < 4.78 is 10.8. The molecule has 0 saturated carbocycles. The van der Waals surface area contributed by atoms with Crippen LogP contribution in [0.4, 0.5) is 16.2 Å². The number of hydrogen-bond donors (Lipinski definition) is 3. The van der Waals surface area contributed by atoms with Crippen LogP contribution in [0.5, 0.6) is 5.75 Å². The first-order valence-electron chi connectivity index (χ1n) is 9.83. The van der Waals surface area contributed by atoms with Gasteiger partial charge in [-0.1, -0.05) is 13.8 Å². The molecule has 0 unspecified atom stereocenters. The van der Waals surface area contributed by atoms with E-state index < -0.39 is 23.2 Å². The van der Waals surface area contributed by atoms with Gasteiger partial charge in [0.2, 0.25) is 0 Å². The molecule has 0 radical (unpaired) electrons. The van der Waals surface area contributed by atoms with Crippen molar-refractivity contribution in [3.63, 3.8) is 0 Å². The van der Waals surface area contributed by atoms with E-state index in [0.29, 0.717) is 30.9 Å². The second-order valence-corrected chi connectivity index (χ2v) is 8.82. The Morgan fingerprint density at radius 1 is 1.31 bits per heavy atom. The van der Waals surface area contributed by atoms with Gasteiger partial charge in [0.25, 0.3) is 0 Å². The fourth-order valence-corrected chi connectivity index (χ4v) is 3.97. The minimum Gasteiger partial charge on any atom is -0.495 e. The summed E-state index contributed by atoms with van der Waals surface area (Å²) in [6.45, 7) is 9.94. The van der Waals surface area contributed by atoms with E-state index in [1.54, 1.807) is 53.9 Å². The third-order valence-corrected chi connectivity index (χ3v) is 5.35. The smallest absolute Gasteiger partial charge is 0.408 e. The molecule has 1 fully saturated rings. The number of alkyl carbamates (subject to hydrolysis) is 1. The van der Waals surface area contributed by atoms with Crippen LogP contribution in [0.15, 0.2) is 18.2 Å². The van der Waals surface area contributed by atoms with Gasteiger partial charge in [0.05, 0.1) is 12.8 Å². The molecule has 2 rings (SSSR count). The summed E-state index contributed by atoms with van der Waals surface area (Å²) in [6, 6.07) is 5.40. The molecule has 1 aliphatic heterocycles. The lowest BCUT2D eigenvalue weighted by Crippen LogP contribution is -2.63. The van der Waals surface area contributed by atoms with Gasteiger partial charge >= 0.3 is 12.1 Å². The molecule has 162 valence electrons. The minimum absolute atomic E-state index is 0.310. The highest BCUT2D eigenvalue weighted by Crippen LogP contribution is 2.39. The van der Waals surface area contributed by atoms with E-state index in [1.807, 2.05) is 6.07 Å². The van der Waals surface area contributed by atoms with Crippen LogP contribution in [0.2, 0.25) is 0 Å². The van der Waals surface area contributed by atoms with E-state index in [4.69, 9.17) is 15.2 Å². The Morgan fingerprint density at radius 3 is 2.48 bits per heavy atom. The lowest BCUT2D eigenvalue weighted by molar-refractivity contribution is -0.149. The van der Waals surface area contributed by atoms with Crippen LogP contribution in [-0.4, -0.2) is 48.5 Å². The fourth-order valence-electron chi connectivity index (χ4n) is 3.97. The van der Waals surface area contributed by atoms with Gasteiger partial charge in [0.15, 0.2) is 0 Å². The fraction of sp³-hybridized carbons (Fsp3) is 0.619. The van der Waals surface area contributed by atoms with E-state index in [-0.39, 0.29) is 11.8 Å². The zero-order valence-electron chi connectivity index (χ0n) is 18.1. The number of carboxylic acid groups (broad SMARTS) is 1. The molecule has 0 aliphatic carbocycles. The van der Waals surface area contributed by atoms with Crippen LogP contribution < -0.4 is 20.7 Å². The third kappa shape index (κ3) is 4.86. The molecule has 8 heteroatoms. The molecule has 1 aliphatic rings. The maximum Gasteiger partial charge on any atom is 0.408 e. The molecule has 0 bridgehead atoms. The number of nitrogens with two attached hydrogens (primary N) is 1. The van der Waals surface area contributed by atoms with Crippen LogP contribution in [0.3, 0.4) is 0 Å². The number of nitrogen functional groups attached to an aromatic ring is 1. The molecule has 0 aromatic heterocycles. The number of hydrogen-bond acceptors (Lipinski definition) is 6. The lowest BCUT2D eigenvalue weighted by Gasteiger charge is -2.39. The van der Waals surface area contributed by atoms with Crippen LogP contribution in [0.25, 0.3) is 0 Å². The molecule has 2 atom stereocenters. The molecule has 1 aromatic carbocycles. The highest BCUT2D eigenvalue weighted by atomic mass is 16.6. The second kappa shape index (κ2) is 8.39. The van der Waals surface area contributed by atoms with Gasteiger partial charge in [-0.25, -0.2) is 9.59 Å². The van der Waals surface area contributed by atoms with Crippen molar-refractivity contribution in [3.05, 3.63) is 18.2 Å². The van der Waals surface area contributed by atoms with Crippen molar-refractivity contribution in [3.8, 4) is 5.75 Å². The van der Waals surface area contributed by atoms with Gasteiger partial charge in [0.1, 0.15) is 16.9 Å². The molecule has 0 spiro atoms. The monoisotopic (exact) mass is 407 g/mol. The maximum atomic E-state index is 12.5. The van der Waals surface area contributed by atoms with Crippen molar-refractivity contribution in [1.29, 1.82) is 0 Å². The maximum absolute atomic E-state index is 12.5. The van der Waals surface area contributed by atoms with Crippen molar-refractivity contribution < 1.29 is 24.2 Å². The molecule has 1 saturated heterocycles. The number of methoxy groups -OCH3 is 1. The lowest BCUT2D eigenvalue weighted by atomic mass is 9.74. The van der Waals surface area contributed by atoms with Gasteiger partial charge in [0, 0.05) is 30.8 Å². The van der Waals surface area contributed by atoms with Crippen molar-refractivity contribution in [2.45, 2.75) is 52.2 Å². The van der Waals surface area contributed by atoms with Gasteiger partial charge in [-0.15, -0.1) is 0 Å². The molecular weight excluding hydrogens is 374 g/mol. The summed E-state index contributed by atoms with van der Waals surface area (Å²) in [4.78, 5) is 27.0. The molecule has 4 N–H and O–H groups in total. The molecule has 29 heavy (non-hydrogen) atoms. The Balaban J connectivity index is 2.32. The van der Waals surface area contributed by atoms with Crippen LogP contribution >= 0.6 is 0 Å². The first-order valence-corrected chi connectivity index (χ1v) is 9.83. The molecule has 1 amide bonds. The number of amides is 1. The van der Waals surface area contributed by atoms with Gasteiger partial charge in [-0.05, 0) is 45.2 Å². The van der Waals surface area contributed by atoms with Gasteiger partial charge in [-0.3, -0.25) is 0 Å². The predicted octanol–water partition coefficient (Wildman–Crippen LogP) is 3.11. The molecule has 1 heterocycles. The number of nitrogens with zero attached hydrogens (tertiary/aromatic N) is 1. The Labute approximate surface area is 172 Å². The normalized spacial score (nSPS) is 19.0. The Hall–Kier alpha value is -2.64. The van der Waals surface area contributed by atoms with E-state index in [2.05, 4.69) is 10.2 Å². The number of nitrogens with one attached hydrogen (secondary N) is 1. The number of carbonyl (C=O) groups is 2. The topological polar surface area (TPSA) is 114 Å². The zero-order valence-corrected chi connectivity index (χ0v) is 18.1. The number of aliphatic carboxylic acids is 1. The summed E-state index contributed by atoms with van der Waals surface area (Å²) in [5.41, 5.74) is 5.13. The summed E-state index contributed by atoms with van der Waals surface area (Å²) in [5, 5.41) is 12.9. The van der Waals surface area contributed by atoms with Crippen molar-refractivity contribution in [1.82, 2.24) is 5.32 Å². The van der Waals surface area contributed by atoms with Crippen molar-refractivity contribution in [2.24, 2.45) is 11.8 Å². The van der Waals surface area contributed by atoms with E-state index >= 15 is 0 Å². The van der Waals surface area contributed by atoms with Crippen LogP contribution in [-0.2, 0) is 9.53 Å². The molecular formula is C21H33N3O5. The summed E-state index contributed by atoms with van der Waals surface area (Å²) in [7, 11) is 1.57. The minimum atomic E-state index is -1.45. The zero-order chi connectivity index (χ0) is 22.0. The number of carboxylic acids is 1. The SMILES string of the molecule is COc1cc(N)ccc1N1CC[C@@H]([C@](NC(=O)OC(C)(C)C)(C(=O)O)C(C)C)C1. The average Bonchev–Trinajstić information content (AvgIpc) is 3.07. The summed E-state index contributed by atoms with van der Waals surface area (Å²) >= 11 is 0. The third-order valence-electron chi connectivity index (χ3n) is 5.35. The number of rotatable bonds is 6.